The van der Waals surface area contributed by atoms with Gasteiger partial charge in [0, 0.05) is 66.7 Å². The van der Waals surface area contributed by atoms with Gasteiger partial charge in [0.1, 0.15) is 5.65 Å². The number of imidazole rings is 1. The van der Waals surface area contributed by atoms with E-state index < -0.39 is 12.1 Å². The predicted molar refractivity (Wildman–Crippen MR) is 155 cm³/mol. The number of hydrogen-bond acceptors (Lipinski definition) is 5. The first kappa shape index (κ1) is 26.6. The van der Waals surface area contributed by atoms with Gasteiger partial charge >= 0.3 is 6.18 Å². The van der Waals surface area contributed by atoms with Crippen molar-refractivity contribution in [2.24, 2.45) is 11.3 Å². The third-order valence-corrected chi connectivity index (χ3v) is 9.70. The second kappa shape index (κ2) is 10.2. The summed E-state index contributed by atoms with van der Waals surface area (Å²) in [5.41, 5.74) is 7.75. The number of fused-ring (bicyclic) bond motifs is 2. The van der Waals surface area contributed by atoms with Crippen LogP contribution in [0.2, 0.25) is 0 Å². The first-order valence-corrected chi connectivity index (χ1v) is 14.9. The number of halogens is 3. The van der Waals surface area contributed by atoms with E-state index in [0.29, 0.717) is 31.6 Å². The minimum absolute atomic E-state index is 0.174. The molecule has 0 bridgehead atoms. The Labute approximate surface area is 239 Å². The van der Waals surface area contributed by atoms with E-state index >= 15 is 0 Å². The second-order valence-electron chi connectivity index (χ2n) is 12.6. The first-order chi connectivity index (χ1) is 19.8. The monoisotopic (exact) mass is 562 g/mol. The Morgan fingerprint density at radius 1 is 0.976 bits per heavy atom. The smallest absolute Gasteiger partial charge is 0.369 e. The number of nitrogens with zero attached hydrogens (tertiary/aromatic N) is 6. The fourth-order valence-electron chi connectivity index (χ4n) is 7.34. The highest BCUT2D eigenvalue weighted by molar-refractivity contribution is 5.83. The molecular formula is C32H37F3N6. The lowest BCUT2D eigenvalue weighted by molar-refractivity contribution is -0.185. The third kappa shape index (κ3) is 5.13. The third-order valence-electron chi connectivity index (χ3n) is 9.70. The zero-order valence-electron chi connectivity index (χ0n) is 23.4. The van der Waals surface area contributed by atoms with Gasteiger partial charge in [-0.05, 0) is 56.5 Å². The normalized spacial score (nSPS) is 21.5. The van der Waals surface area contributed by atoms with E-state index in [0.717, 1.165) is 41.3 Å². The molecule has 3 aromatic rings. The van der Waals surface area contributed by atoms with Crippen LogP contribution in [0.4, 0.5) is 18.9 Å². The second-order valence-corrected chi connectivity index (χ2v) is 12.6. The maximum atomic E-state index is 13.0. The Morgan fingerprint density at radius 3 is 2.51 bits per heavy atom. The molecule has 1 aliphatic carbocycles. The van der Waals surface area contributed by atoms with Gasteiger partial charge in [-0.3, -0.25) is 9.88 Å². The van der Waals surface area contributed by atoms with Crippen molar-refractivity contribution in [2.45, 2.75) is 64.2 Å². The zero-order chi connectivity index (χ0) is 28.2. The molecule has 0 N–H and O–H groups in total. The van der Waals surface area contributed by atoms with Gasteiger partial charge in [0.15, 0.2) is 0 Å². The van der Waals surface area contributed by atoms with Crippen LogP contribution in [0.25, 0.3) is 17.4 Å². The van der Waals surface area contributed by atoms with Crippen LogP contribution in [0.15, 0.2) is 49.7 Å². The highest BCUT2D eigenvalue weighted by Gasteiger charge is 2.44. The Balaban J connectivity index is 1.01. The van der Waals surface area contributed by atoms with Gasteiger partial charge in [0.2, 0.25) is 0 Å². The molecule has 3 aromatic heterocycles. The molecule has 7 rings (SSSR count). The van der Waals surface area contributed by atoms with Gasteiger partial charge in [-0.1, -0.05) is 31.9 Å². The van der Waals surface area contributed by atoms with Crippen LogP contribution in [-0.2, 0) is 13.1 Å². The van der Waals surface area contributed by atoms with Crippen molar-refractivity contribution in [3.8, 4) is 0 Å². The fourth-order valence-corrected chi connectivity index (χ4v) is 7.34. The van der Waals surface area contributed by atoms with Gasteiger partial charge in [-0.15, -0.1) is 0 Å². The quantitative estimate of drug-likeness (QED) is 0.345. The van der Waals surface area contributed by atoms with Gasteiger partial charge in [0.05, 0.1) is 30.0 Å². The van der Waals surface area contributed by atoms with Crippen molar-refractivity contribution < 1.29 is 13.2 Å². The molecule has 0 atom stereocenters. The molecule has 3 aliphatic heterocycles. The number of likely N-dealkylation sites (tertiary alicyclic amines) is 1. The molecule has 0 radical (unpaired) electrons. The largest absolute Gasteiger partial charge is 0.391 e. The molecule has 1 spiro atoms. The highest BCUT2D eigenvalue weighted by Crippen LogP contribution is 2.47. The van der Waals surface area contributed by atoms with Crippen LogP contribution >= 0.6 is 0 Å². The summed E-state index contributed by atoms with van der Waals surface area (Å²) in [6.07, 6.45) is 15.3. The Morgan fingerprint density at radius 2 is 1.76 bits per heavy atom. The van der Waals surface area contributed by atoms with Crippen LogP contribution in [0.1, 0.15) is 67.3 Å². The predicted octanol–water partition coefficient (Wildman–Crippen LogP) is 6.73. The van der Waals surface area contributed by atoms with E-state index in [1.807, 2.05) is 41.3 Å². The number of hydrogen-bond donors (Lipinski definition) is 0. The topological polar surface area (TPSA) is 39.9 Å². The molecule has 1 saturated carbocycles. The summed E-state index contributed by atoms with van der Waals surface area (Å²) in [6, 6.07) is 4.01. The summed E-state index contributed by atoms with van der Waals surface area (Å²) in [5.74, 6) is -1.17. The van der Waals surface area contributed by atoms with Crippen LogP contribution < -0.4 is 4.90 Å². The number of aromatic nitrogens is 3. The lowest BCUT2D eigenvalue weighted by atomic mass is 9.68. The van der Waals surface area contributed by atoms with E-state index in [1.165, 1.54) is 43.4 Å². The Hall–Kier alpha value is -3.33. The van der Waals surface area contributed by atoms with E-state index in [1.54, 1.807) is 0 Å². The first-order valence-electron chi connectivity index (χ1n) is 14.9. The molecule has 4 aliphatic rings. The maximum Gasteiger partial charge on any atom is 0.391 e. The molecule has 6 nitrogen and oxygen atoms in total. The average Bonchev–Trinajstić information content (AvgIpc) is 3.35. The standard InChI is InChI=1S/C32H37F3N6/c1-23-28-15-36-16-29(41-21-31(22-41)10-3-2-4-11-31)27(28)9-14-39(23)19-26-20-40-18-24(5-6-30(40)37-26)17-38-12-7-25(8-13-38)32(33,34)35/h5-6,9,14-16,18,20,25H,1-4,7-8,10-13,17,19,21-22H2. The number of piperidine rings is 1. The molecule has 0 aromatic carbocycles. The average molecular weight is 563 g/mol. The van der Waals surface area contributed by atoms with Crippen LogP contribution in [0.5, 0.6) is 0 Å². The van der Waals surface area contributed by atoms with Gasteiger partial charge in [-0.25, -0.2) is 4.98 Å². The lowest BCUT2D eigenvalue weighted by Gasteiger charge is -2.54. The molecule has 216 valence electrons. The highest BCUT2D eigenvalue weighted by atomic mass is 19.4. The van der Waals surface area contributed by atoms with Crippen molar-refractivity contribution in [2.75, 3.05) is 31.1 Å². The van der Waals surface area contributed by atoms with Gasteiger partial charge in [0.25, 0.3) is 0 Å². The van der Waals surface area contributed by atoms with Gasteiger partial charge in [-0.2, -0.15) is 13.2 Å². The van der Waals surface area contributed by atoms with Crippen molar-refractivity contribution in [3.05, 3.63) is 72.1 Å². The minimum Gasteiger partial charge on any atom is -0.369 e. The van der Waals surface area contributed by atoms with E-state index in [-0.39, 0.29) is 12.8 Å². The maximum absolute atomic E-state index is 13.0. The minimum atomic E-state index is -4.08. The molecule has 41 heavy (non-hydrogen) atoms. The van der Waals surface area contributed by atoms with Gasteiger partial charge < -0.3 is 14.2 Å². The summed E-state index contributed by atoms with van der Waals surface area (Å²) < 4.78 is 41.1. The van der Waals surface area contributed by atoms with E-state index in [4.69, 9.17) is 4.98 Å². The molecule has 2 saturated heterocycles. The number of rotatable bonds is 5. The number of pyridine rings is 2. The van der Waals surface area contributed by atoms with Crippen molar-refractivity contribution >= 4 is 23.1 Å². The molecule has 6 heterocycles. The fraction of sp³-hybridized carbons (Fsp3) is 0.500. The summed E-state index contributed by atoms with van der Waals surface area (Å²) in [4.78, 5) is 16.1. The molecule has 0 unspecified atom stereocenters. The molecule has 9 heteroatoms. The zero-order valence-corrected chi connectivity index (χ0v) is 23.4. The number of anilines is 1. The SMILES string of the molecule is C=C1c2cncc(N3CC4(CCCCC4)C3)c2C=CN1Cc1cn2cc(CN3CCC(C(F)(F)F)CC3)ccc2n1. The van der Waals surface area contributed by atoms with E-state index in [9.17, 15) is 13.2 Å². The van der Waals surface area contributed by atoms with Crippen LogP contribution in [-0.4, -0.2) is 56.5 Å². The summed E-state index contributed by atoms with van der Waals surface area (Å²) in [6.45, 7) is 8.85. The van der Waals surface area contributed by atoms with Crippen LogP contribution in [0, 0.1) is 11.3 Å². The van der Waals surface area contributed by atoms with Crippen molar-refractivity contribution in [3.63, 3.8) is 0 Å². The molecule has 3 fully saturated rings. The summed E-state index contributed by atoms with van der Waals surface area (Å²) >= 11 is 0. The summed E-state index contributed by atoms with van der Waals surface area (Å²) in [7, 11) is 0. The Bertz CT molecular complexity index is 1470. The number of alkyl halides is 3. The lowest BCUT2D eigenvalue weighted by Crippen LogP contribution is -2.57. The summed E-state index contributed by atoms with van der Waals surface area (Å²) in [5, 5.41) is 0. The molecular weight excluding hydrogens is 525 g/mol. The van der Waals surface area contributed by atoms with Crippen molar-refractivity contribution in [1.29, 1.82) is 0 Å². The van der Waals surface area contributed by atoms with Crippen molar-refractivity contribution in [1.82, 2.24) is 24.2 Å². The van der Waals surface area contributed by atoms with E-state index in [2.05, 4.69) is 38.5 Å². The molecule has 0 amide bonds. The van der Waals surface area contributed by atoms with Crippen LogP contribution in [0.3, 0.4) is 0 Å². The Kier molecular flexibility index (Phi) is 6.60.